The molecule has 0 saturated carbocycles. The average molecular weight is 492 g/mol. The molecule has 9 heteroatoms. The molecule has 8 nitrogen and oxygen atoms in total. The molecular formula is C26H29N5O3S. The Labute approximate surface area is 208 Å². The number of pyridine rings is 1. The monoisotopic (exact) mass is 491 g/mol. The van der Waals surface area contributed by atoms with Gasteiger partial charge in [-0.25, -0.2) is 4.98 Å². The Bertz CT molecular complexity index is 1310. The summed E-state index contributed by atoms with van der Waals surface area (Å²) < 4.78 is 6.94. The molecule has 1 aliphatic rings. The number of thiazole rings is 1. The zero-order valence-electron chi connectivity index (χ0n) is 19.7. The lowest BCUT2D eigenvalue weighted by Gasteiger charge is -2.35. The van der Waals surface area contributed by atoms with Crippen LogP contribution in [0.2, 0.25) is 0 Å². The number of aliphatic hydroxyl groups is 1. The predicted molar refractivity (Wildman–Crippen MR) is 139 cm³/mol. The van der Waals surface area contributed by atoms with Crippen LogP contribution in [-0.2, 0) is 4.79 Å². The Morgan fingerprint density at radius 2 is 1.94 bits per heavy atom. The molecule has 1 unspecified atom stereocenters. The third kappa shape index (κ3) is 5.94. The first kappa shape index (κ1) is 23.6. The van der Waals surface area contributed by atoms with Crippen molar-refractivity contribution in [2.24, 2.45) is 0 Å². The van der Waals surface area contributed by atoms with Crippen LogP contribution in [0.5, 0.6) is 5.75 Å². The number of aryl methyl sites for hydroxylation is 1. The molecule has 2 N–H and O–H groups in total. The standard InChI is InChI=1S/C26H29N5O3S/c1-18-28-24-14-20(7-8-25(24)35-18)34-17-19(32)15-30-10-12-31(13-11-30)16-26(33)29-23-6-2-5-22-21(23)4-3-9-27-22/h2-9,14,19,32H,10-13,15-17H2,1H3,(H,29,33). The summed E-state index contributed by atoms with van der Waals surface area (Å²) in [6, 6.07) is 15.4. The van der Waals surface area contributed by atoms with Crippen molar-refractivity contribution in [2.45, 2.75) is 13.0 Å². The lowest BCUT2D eigenvalue weighted by molar-refractivity contribution is -0.117. The van der Waals surface area contributed by atoms with E-state index in [-0.39, 0.29) is 12.5 Å². The number of carbonyl (C=O) groups is 1. The SMILES string of the molecule is Cc1nc2cc(OCC(O)CN3CCN(CC(=O)Nc4cccc5ncccc45)CC3)ccc2s1. The number of hydrogen-bond donors (Lipinski definition) is 2. The van der Waals surface area contributed by atoms with Crippen LogP contribution in [0.25, 0.3) is 21.1 Å². The number of nitrogens with one attached hydrogen (secondary N) is 1. The molecule has 3 heterocycles. The average Bonchev–Trinajstić information content (AvgIpc) is 3.23. The van der Waals surface area contributed by atoms with Crippen LogP contribution in [0.15, 0.2) is 54.7 Å². The second-order valence-corrected chi connectivity index (χ2v) is 10.1. The number of piperazine rings is 1. The molecule has 5 rings (SSSR count). The second-order valence-electron chi connectivity index (χ2n) is 8.83. The highest BCUT2D eigenvalue weighted by Gasteiger charge is 2.21. The number of ether oxygens (including phenoxy) is 1. The molecule has 35 heavy (non-hydrogen) atoms. The summed E-state index contributed by atoms with van der Waals surface area (Å²) in [5, 5.41) is 15.5. The van der Waals surface area contributed by atoms with Gasteiger partial charge in [0.25, 0.3) is 0 Å². The number of aromatic nitrogens is 2. The quantitative estimate of drug-likeness (QED) is 0.391. The van der Waals surface area contributed by atoms with Crippen molar-refractivity contribution < 1.29 is 14.6 Å². The van der Waals surface area contributed by atoms with Gasteiger partial charge in [-0.15, -0.1) is 11.3 Å². The molecule has 1 atom stereocenters. The van der Waals surface area contributed by atoms with E-state index < -0.39 is 6.10 Å². The smallest absolute Gasteiger partial charge is 0.238 e. The van der Waals surface area contributed by atoms with Crippen LogP contribution >= 0.6 is 11.3 Å². The molecule has 182 valence electrons. The number of carbonyl (C=O) groups excluding carboxylic acids is 1. The molecule has 1 saturated heterocycles. The highest BCUT2D eigenvalue weighted by Crippen LogP contribution is 2.25. The predicted octanol–water partition coefficient (Wildman–Crippen LogP) is 3.15. The van der Waals surface area contributed by atoms with Gasteiger partial charge in [-0.1, -0.05) is 6.07 Å². The Balaban J connectivity index is 1.05. The van der Waals surface area contributed by atoms with Crippen molar-refractivity contribution in [3.63, 3.8) is 0 Å². The maximum absolute atomic E-state index is 12.6. The largest absolute Gasteiger partial charge is 0.491 e. The van der Waals surface area contributed by atoms with Crippen LogP contribution in [-0.4, -0.2) is 82.8 Å². The number of hydrogen-bond acceptors (Lipinski definition) is 8. The lowest BCUT2D eigenvalue weighted by Crippen LogP contribution is -2.50. The number of nitrogens with zero attached hydrogens (tertiary/aromatic N) is 4. The molecule has 4 aromatic rings. The third-order valence-corrected chi connectivity index (χ3v) is 7.08. The minimum absolute atomic E-state index is 0.0319. The Kier molecular flexibility index (Phi) is 7.19. The van der Waals surface area contributed by atoms with Crippen molar-refractivity contribution in [1.29, 1.82) is 0 Å². The van der Waals surface area contributed by atoms with E-state index in [9.17, 15) is 9.90 Å². The van der Waals surface area contributed by atoms with Gasteiger partial charge in [0.05, 0.1) is 33.0 Å². The van der Waals surface area contributed by atoms with E-state index >= 15 is 0 Å². The first-order chi connectivity index (χ1) is 17.0. The summed E-state index contributed by atoms with van der Waals surface area (Å²) >= 11 is 1.66. The Morgan fingerprint density at radius 3 is 2.80 bits per heavy atom. The molecule has 0 radical (unpaired) electrons. The Hall–Kier alpha value is -3.11. The lowest BCUT2D eigenvalue weighted by atomic mass is 10.2. The van der Waals surface area contributed by atoms with E-state index in [4.69, 9.17) is 4.74 Å². The summed E-state index contributed by atoms with van der Waals surface area (Å²) in [6.45, 7) is 6.26. The molecule has 1 aliphatic heterocycles. The molecule has 0 spiro atoms. The third-order valence-electron chi connectivity index (χ3n) is 6.13. The second kappa shape index (κ2) is 10.7. The van der Waals surface area contributed by atoms with Gasteiger partial charge in [-0.2, -0.15) is 0 Å². The molecule has 2 aromatic carbocycles. The van der Waals surface area contributed by atoms with E-state index in [1.54, 1.807) is 17.5 Å². The minimum atomic E-state index is -0.585. The van der Waals surface area contributed by atoms with Gasteiger partial charge in [-0.3, -0.25) is 19.6 Å². The fourth-order valence-corrected chi connectivity index (χ4v) is 5.20. The normalized spacial score (nSPS) is 15.9. The van der Waals surface area contributed by atoms with Crippen molar-refractivity contribution >= 4 is 44.1 Å². The van der Waals surface area contributed by atoms with Gasteiger partial charge in [0, 0.05) is 50.4 Å². The summed E-state index contributed by atoms with van der Waals surface area (Å²) in [6.07, 6.45) is 1.16. The summed E-state index contributed by atoms with van der Waals surface area (Å²) in [5.41, 5.74) is 2.57. The Morgan fingerprint density at radius 1 is 1.11 bits per heavy atom. The van der Waals surface area contributed by atoms with Gasteiger partial charge < -0.3 is 15.2 Å². The van der Waals surface area contributed by atoms with Crippen LogP contribution < -0.4 is 10.1 Å². The first-order valence-corrected chi connectivity index (χ1v) is 12.6. The van der Waals surface area contributed by atoms with Crippen LogP contribution in [0.3, 0.4) is 0 Å². The van der Waals surface area contributed by atoms with Crippen LogP contribution in [0.1, 0.15) is 5.01 Å². The minimum Gasteiger partial charge on any atom is -0.491 e. The van der Waals surface area contributed by atoms with E-state index in [2.05, 4.69) is 25.1 Å². The summed E-state index contributed by atoms with van der Waals surface area (Å²) in [7, 11) is 0. The summed E-state index contributed by atoms with van der Waals surface area (Å²) in [5.74, 6) is 0.690. The van der Waals surface area contributed by atoms with Gasteiger partial charge in [-0.05, 0) is 43.3 Å². The van der Waals surface area contributed by atoms with Crippen LogP contribution in [0.4, 0.5) is 5.69 Å². The van der Waals surface area contributed by atoms with Gasteiger partial charge in [0.1, 0.15) is 18.5 Å². The first-order valence-electron chi connectivity index (χ1n) is 11.8. The van der Waals surface area contributed by atoms with Crippen molar-refractivity contribution in [3.05, 3.63) is 59.7 Å². The fourth-order valence-electron chi connectivity index (χ4n) is 4.39. The number of amides is 1. The highest BCUT2D eigenvalue weighted by atomic mass is 32.1. The maximum atomic E-state index is 12.6. The number of rotatable bonds is 8. The number of anilines is 1. The number of benzene rings is 2. The number of aliphatic hydroxyl groups excluding tert-OH is 1. The zero-order chi connectivity index (χ0) is 24.2. The topological polar surface area (TPSA) is 90.8 Å². The fraction of sp³-hybridized carbons (Fsp3) is 0.346. The van der Waals surface area contributed by atoms with E-state index in [0.29, 0.717) is 13.1 Å². The van der Waals surface area contributed by atoms with Crippen LogP contribution in [0, 0.1) is 6.92 Å². The molecule has 1 fully saturated rings. The van der Waals surface area contributed by atoms with Gasteiger partial charge in [0.2, 0.25) is 5.91 Å². The van der Waals surface area contributed by atoms with Crippen molar-refractivity contribution in [3.8, 4) is 5.75 Å². The summed E-state index contributed by atoms with van der Waals surface area (Å²) in [4.78, 5) is 25.8. The number of β-amino-alcohol motifs (C(OH)–C–C–N with tert-alkyl or cyclic N) is 1. The van der Waals surface area contributed by atoms with E-state index in [0.717, 1.165) is 63.7 Å². The van der Waals surface area contributed by atoms with Crippen molar-refractivity contribution in [1.82, 2.24) is 19.8 Å². The van der Waals surface area contributed by atoms with Gasteiger partial charge >= 0.3 is 0 Å². The zero-order valence-corrected chi connectivity index (χ0v) is 20.5. The molecular weight excluding hydrogens is 462 g/mol. The van der Waals surface area contributed by atoms with Crippen molar-refractivity contribution in [2.75, 3.05) is 51.2 Å². The molecule has 1 amide bonds. The number of fused-ring (bicyclic) bond motifs is 2. The van der Waals surface area contributed by atoms with Gasteiger partial charge in [0.15, 0.2) is 0 Å². The highest BCUT2D eigenvalue weighted by molar-refractivity contribution is 7.18. The van der Waals surface area contributed by atoms with E-state index in [1.165, 1.54) is 0 Å². The molecule has 2 aromatic heterocycles. The molecule has 0 bridgehead atoms. The molecule has 0 aliphatic carbocycles. The van der Waals surface area contributed by atoms with E-state index in [1.807, 2.05) is 55.5 Å². The maximum Gasteiger partial charge on any atom is 0.238 e.